The van der Waals surface area contributed by atoms with Crippen molar-refractivity contribution >= 4 is 18.0 Å². The predicted octanol–water partition coefficient (Wildman–Crippen LogP) is 3.93. The number of nitrogens with one attached hydrogen (secondary N) is 2. The summed E-state index contributed by atoms with van der Waals surface area (Å²) in [5.41, 5.74) is 1.57. The van der Waals surface area contributed by atoms with Crippen molar-refractivity contribution in [2.45, 2.75) is 95.9 Å². The van der Waals surface area contributed by atoms with Crippen molar-refractivity contribution in [2.75, 3.05) is 19.6 Å². The van der Waals surface area contributed by atoms with E-state index in [1.165, 1.54) is 5.56 Å². The quantitative estimate of drug-likeness (QED) is 0.586. The molecule has 2 saturated heterocycles. The Morgan fingerprint density at radius 1 is 1.11 bits per heavy atom. The molecule has 0 spiro atoms. The number of urea groups is 1. The molecule has 0 aromatic heterocycles. The SMILES string of the molecule is CCNC(=O)N1CCC(c2ccc(C[C@@H](C#N)NC(=O)[C@@H]3[C@H]4CC[C@H](C4)N3C(=O)OC(C)(C)C)cc2)CC1. The highest BCUT2D eigenvalue weighted by atomic mass is 16.6. The van der Waals surface area contributed by atoms with E-state index in [9.17, 15) is 19.6 Å². The van der Waals surface area contributed by atoms with Crippen LogP contribution in [-0.2, 0) is 16.0 Å². The third-order valence-corrected chi connectivity index (χ3v) is 7.93. The van der Waals surface area contributed by atoms with Gasteiger partial charge in [0.05, 0.1) is 6.07 Å². The van der Waals surface area contributed by atoms with Crippen LogP contribution in [-0.4, -0.2) is 71.2 Å². The average Bonchev–Trinajstić information content (AvgIpc) is 3.50. The standard InChI is InChI=1S/C29H41N5O4/c1-5-31-27(36)33-14-12-21(13-15-33)20-8-6-19(7-9-20)16-23(18-30)32-26(35)25-22-10-11-24(17-22)34(25)28(37)38-29(2,3)4/h6-9,21-25H,5,10-17H2,1-4H3,(H,31,36)(H,32,35)/t22-,23-,24+,25-/m0/s1. The minimum Gasteiger partial charge on any atom is -0.444 e. The van der Waals surface area contributed by atoms with Gasteiger partial charge in [-0.3, -0.25) is 9.69 Å². The fraction of sp³-hybridized carbons (Fsp3) is 0.655. The molecule has 2 aliphatic heterocycles. The van der Waals surface area contributed by atoms with Gasteiger partial charge < -0.3 is 20.3 Å². The van der Waals surface area contributed by atoms with E-state index in [1.807, 2.05) is 44.7 Å². The first kappa shape index (κ1) is 27.7. The van der Waals surface area contributed by atoms with Crippen LogP contribution in [0.3, 0.4) is 0 Å². The molecule has 1 aromatic carbocycles. The number of ether oxygens (including phenoxy) is 1. The highest BCUT2D eigenvalue weighted by Crippen LogP contribution is 2.43. The molecule has 2 N–H and O–H groups in total. The van der Waals surface area contributed by atoms with Crippen LogP contribution in [0.5, 0.6) is 0 Å². The lowest BCUT2D eigenvalue weighted by Gasteiger charge is -2.35. The summed E-state index contributed by atoms with van der Waals surface area (Å²) in [6.45, 7) is 9.49. The summed E-state index contributed by atoms with van der Waals surface area (Å²) in [5, 5.41) is 15.6. The van der Waals surface area contributed by atoms with Gasteiger partial charge in [0.15, 0.2) is 0 Å². The van der Waals surface area contributed by atoms with Crippen LogP contribution in [0.4, 0.5) is 9.59 Å². The number of nitrogens with zero attached hydrogens (tertiary/aromatic N) is 3. The molecule has 3 fully saturated rings. The Morgan fingerprint density at radius 2 is 1.79 bits per heavy atom. The van der Waals surface area contributed by atoms with Gasteiger partial charge in [0.2, 0.25) is 5.91 Å². The van der Waals surface area contributed by atoms with Gasteiger partial charge in [-0.25, -0.2) is 9.59 Å². The molecule has 1 aliphatic carbocycles. The van der Waals surface area contributed by atoms with E-state index < -0.39 is 23.8 Å². The fourth-order valence-electron chi connectivity index (χ4n) is 6.13. The van der Waals surface area contributed by atoms with Gasteiger partial charge >= 0.3 is 12.1 Å². The van der Waals surface area contributed by atoms with Crippen molar-refractivity contribution in [2.24, 2.45) is 5.92 Å². The number of likely N-dealkylation sites (tertiary alicyclic amines) is 2. The Hall–Kier alpha value is -3.28. The average molecular weight is 524 g/mol. The lowest BCUT2D eigenvalue weighted by atomic mass is 9.88. The van der Waals surface area contributed by atoms with Crippen molar-refractivity contribution in [3.05, 3.63) is 35.4 Å². The van der Waals surface area contributed by atoms with Crippen molar-refractivity contribution in [1.29, 1.82) is 5.26 Å². The van der Waals surface area contributed by atoms with Gasteiger partial charge in [-0.05, 0) is 82.8 Å². The first-order valence-corrected chi connectivity index (χ1v) is 13.9. The Morgan fingerprint density at radius 3 is 2.39 bits per heavy atom. The Bertz CT molecular complexity index is 1050. The van der Waals surface area contributed by atoms with E-state index in [0.29, 0.717) is 18.9 Å². The lowest BCUT2D eigenvalue weighted by Crippen LogP contribution is -2.55. The largest absolute Gasteiger partial charge is 0.444 e. The summed E-state index contributed by atoms with van der Waals surface area (Å²) < 4.78 is 5.59. The minimum atomic E-state index is -0.687. The summed E-state index contributed by atoms with van der Waals surface area (Å²) in [6, 6.07) is 9.20. The van der Waals surface area contributed by atoms with Crippen LogP contribution in [0.25, 0.3) is 0 Å². The molecule has 38 heavy (non-hydrogen) atoms. The topological polar surface area (TPSA) is 115 Å². The minimum absolute atomic E-state index is 0.00513. The van der Waals surface area contributed by atoms with Gasteiger partial charge in [0.1, 0.15) is 17.7 Å². The summed E-state index contributed by atoms with van der Waals surface area (Å²) >= 11 is 0. The molecule has 4 atom stereocenters. The molecule has 2 heterocycles. The molecular formula is C29H41N5O4. The van der Waals surface area contributed by atoms with Gasteiger partial charge in [-0.15, -0.1) is 0 Å². The van der Waals surface area contributed by atoms with Gasteiger partial charge in [-0.2, -0.15) is 5.26 Å². The Labute approximate surface area is 225 Å². The molecule has 2 bridgehead atoms. The molecule has 206 valence electrons. The molecule has 9 nitrogen and oxygen atoms in total. The van der Waals surface area contributed by atoms with E-state index >= 15 is 0 Å². The molecule has 0 radical (unpaired) electrons. The van der Waals surface area contributed by atoms with Crippen LogP contribution in [0.2, 0.25) is 0 Å². The summed E-state index contributed by atoms with van der Waals surface area (Å²) in [4.78, 5) is 41.7. The van der Waals surface area contributed by atoms with E-state index in [4.69, 9.17) is 4.74 Å². The molecule has 4 amide bonds. The highest BCUT2D eigenvalue weighted by molar-refractivity contribution is 5.87. The molecule has 3 aliphatic rings. The fourth-order valence-corrected chi connectivity index (χ4v) is 6.13. The number of carbonyl (C=O) groups excluding carboxylic acids is 3. The van der Waals surface area contributed by atoms with Crippen molar-refractivity contribution in [1.82, 2.24) is 20.4 Å². The number of piperidine rings is 2. The number of amides is 4. The van der Waals surface area contributed by atoms with Gasteiger partial charge in [-0.1, -0.05) is 24.3 Å². The second-order valence-corrected chi connectivity index (χ2v) is 11.8. The van der Waals surface area contributed by atoms with Gasteiger partial charge in [0, 0.05) is 32.1 Å². The zero-order chi connectivity index (χ0) is 27.4. The second-order valence-electron chi connectivity index (χ2n) is 11.8. The first-order valence-electron chi connectivity index (χ1n) is 13.9. The van der Waals surface area contributed by atoms with E-state index in [2.05, 4.69) is 28.8 Å². The first-order chi connectivity index (χ1) is 18.1. The van der Waals surface area contributed by atoms with Crippen LogP contribution in [0.1, 0.15) is 76.8 Å². The molecular weight excluding hydrogens is 482 g/mol. The molecule has 0 unspecified atom stereocenters. The Balaban J connectivity index is 1.33. The van der Waals surface area contributed by atoms with Crippen LogP contribution in [0.15, 0.2) is 24.3 Å². The number of nitriles is 1. The van der Waals surface area contributed by atoms with Crippen LogP contribution >= 0.6 is 0 Å². The maximum Gasteiger partial charge on any atom is 0.411 e. The summed E-state index contributed by atoms with van der Waals surface area (Å²) in [7, 11) is 0. The third kappa shape index (κ3) is 6.40. The molecule has 1 aromatic rings. The smallest absolute Gasteiger partial charge is 0.411 e. The molecule has 9 heteroatoms. The number of fused-ring (bicyclic) bond motifs is 2. The number of hydrogen-bond acceptors (Lipinski definition) is 5. The monoisotopic (exact) mass is 523 g/mol. The molecule has 4 rings (SSSR count). The van der Waals surface area contributed by atoms with Gasteiger partial charge in [0.25, 0.3) is 0 Å². The summed E-state index contributed by atoms with van der Waals surface area (Å²) in [6.07, 6.45) is 4.38. The van der Waals surface area contributed by atoms with E-state index in [0.717, 1.165) is 50.8 Å². The van der Waals surface area contributed by atoms with Crippen molar-refractivity contribution in [3.8, 4) is 6.07 Å². The van der Waals surface area contributed by atoms with Crippen molar-refractivity contribution < 1.29 is 19.1 Å². The number of rotatable bonds is 6. The third-order valence-electron chi connectivity index (χ3n) is 7.93. The lowest BCUT2D eigenvalue weighted by molar-refractivity contribution is -0.128. The van der Waals surface area contributed by atoms with Crippen molar-refractivity contribution in [3.63, 3.8) is 0 Å². The van der Waals surface area contributed by atoms with E-state index in [-0.39, 0.29) is 23.9 Å². The number of carbonyl (C=O) groups is 3. The maximum absolute atomic E-state index is 13.3. The zero-order valence-corrected chi connectivity index (χ0v) is 23.0. The van der Waals surface area contributed by atoms with E-state index in [1.54, 1.807) is 4.90 Å². The summed E-state index contributed by atoms with van der Waals surface area (Å²) in [5.74, 6) is 0.230. The maximum atomic E-state index is 13.3. The second kappa shape index (κ2) is 11.6. The number of benzene rings is 1. The normalized spacial score (nSPS) is 24.0. The predicted molar refractivity (Wildman–Crippen MR) is 143 cm³/mol. The molecule has 1 saturated carbocycles. The number of hydrogen-bond donors (Lipinski definition) is 2. The highest BCUT2D eigenvalue weighted by Gasteiger charge is 2.52. The van der Waals surface area contributed by atoms with Crippen LogP contribution in [0, 0.1) is 17.2 Å². The zero-order valence-electron chi connectivity index (χ0n) is 23.0. The Kier molecular flexibility index (Phi) is 8.49. The van der Waals surface area contributed by atoms with Crippen LogP contribution < -0.4 is 10.6 Å².